The van der Waals surface area contributed by atoms with Gasteiger partial charge in [0, 0.05) is 55.4 Å². The smallest absolute Gasteiger partial charge is 0.325 e. The second-order valence-corrected chi connectivity index (χ2v) is 7.65. The van der Waals surface area contributed by atoms with Crippen LogP contribution in [0.25, 0.3) is 10.9 Å². The number of methoxy groups -OCH3 is 1. The van der Waals surface area contributed by atoms with Gasteiger partial charge < -0.3 is 14.4 Å². The maximum atomic E-state index is 11.7. The number of carbonyl (C=O) groups is 1. The molecule has 0 radical (unpaired) electrons. The van der Waals surface area contributed by atoms with E-state index in [1.165, 1.54) is 18.1 Å². The molecule has 140 valence electrons. The van der Waals surface area contributed by atoms with Gasteiger partial charge in [-0.1, -0.05) is 18.2 Å². The molecule has 1 N–H and O–H groups in total. The summed E-state index contributed by atoms with van der Waals surface area (Å²) in [5.74, 6) is -0.237. The molecule has 4 rings (SSSR count). The molecule has 0 aliphatic carbocycles. The Kier molecular flexibility index (Phi) is 4.73. The number of aromatic nitrogens is 1. The van der Waals surface area contributed by atoms with Crippen molar-refractivity contribution in [2.75, 3.05) is 26.7 Å². The number of rotatable bonds is 4. The van der Waals surface area contributed by atoms with E-state index in [0.29, 0.717) is 12.1 Å². The van der Waals surface area contributed by atoms with E-state index in [2.05, 4.69) is 35.1 Å². The zero-order valence-corrected chi connectivity index (χ0v) is 15.5. The van der Waals surface area contributed by atoms with Crippen molar-refractivity contribution in [3.8, 4) is 0 Å². The topological polar surface area (TPSA) is 57.9 Å². The average molecular weight is 357 g/mol. The number of benzene rings is 1. The number of nitrogens with zero attached hydrogens (tertiary/aromatic N) is 3. The van der Waals surface area contributed by atoms with Crippen LogP contribution in [0.5, 0.6) is 0 Å². The standard InChI is InChI=1S/C20H27N3O3/c1-14-8-22-12-17(24)7-16(22)11-21(14)9-15-10-23(13-20(25)26-2)19-6-4-3-5-18(15)19/h3-6,10,14,16-17,24H,7-9,11-13H2,1-2H3/t14-,16?,17-/m1/s1. The average Bonchev–Trinajstić information content (AvgIpc) is 3.15. The molecule has 26 heavy (non-hydrogen) atoms. The van der Waals surface area contributed by atoms with Gasteiger partial charge in [0.1, 0.15) is 6.54 Å². The summed E-state index contributed by atoms with van der Waals surface area (Å²) in [5.41, 5.74) is 2.30. The number of para-hydroxylation sites is 1. The normalized spacial score (nSPS) is 27.0. The molecule has 1 unspecified atom stereocenters. The molecule has 2 saturated heterocycles. The number of aliphatic hydroxyl groups is 1. The van der Waals surface area contributed by atoms with Crippen LogP contribution in [-0.4, -0.2) is 70.4 Å². The van der Waals surface area contributed by atoms with E-state index in [1.807, 2.05) is 16.7 Å². The van der Waals surface area contributed by atoms with Crippen molar-refractivity contribution in [1.82, 2.24) is 14.4 Å². The third-order valence-corrected chi connectivity index (χ3v) is 5.84. The van der Waals surface area contributed by atoms with Crippen LogP contribution < -0.4 is 0 Å². The van der Waals surface area contributed by atoms with E-state index in [-0.39, 0.29) is 18.6 Å². The number of esters is 1. The second kappa shape index (κ2) is 7.02. The zero-order chi connectivity index (χ0) is 18.3. The highest BCUT2D eigenvalue weighted by atomic mass is 16.5. The molecule has 2 aliphatic heterocycles. The molecule has 0 spiro atoms. The van der Waals surface area contributed by atoms with E-state index >= 15 is 0 Å². The van der Waals surface area contributed by atoms with Gasteiger partial charge in [0.25, 0.3) is 0 Å². The van der Waals surface area contributed by atoms with Crippen LogP contribution in [-0.2, 0) is 22.6 Å². The summed E-state index contributed by atoms with van der Waals surface area (Å²) < 4.78 is 6.82. The Hall–Kier alpha value is -1.89. The van der Waals surface area contributed by atoms with Crippen molar-refractivity contribution in [3.05, 3.63) is 36.0 Å². The Labute approximate surface area is 153 Å². The summed E-state index contributed by atoms with van der Waals surface area (Å²) in [6.45, 7) is 6.14. The van der Waals surface area contributed by atoms with E-state index < -0.39 is 0 Å². The molecule has 2 aliphatic rings. The van der Waals surface area contributed by atoms with Gasteiger partial charge in [-0.3, -0.25) is 14.6 Å². The van der Waals surface area contributed by atoms with Crippen LogP contribution in [0, 0.1) is 0 Å². The molecule has 0 bridgehead atoms. The van der Waals surface area contributed by atoms with E-state index in [1.54, 1.807) is 0 Å². The number of hydrogen-bond acceptors (Lipinski definition) is 5. The highest BCUT2D eigenvalue weighted by Gasteiger charge is 2.38. The molecule has 2 aromatic rings. The Morgan fingerprint density at radius 1 is 1.27 bits per heavy atom. The molecule has 3 atom stereocenters. The molecular weight excluding hydrogens is 330 g/mol. The minimum Gasteiger partial charge on any atom is -0.468 e. The fourth-order valence-electron chi connectivity index (χ4n) is 4.50. The first-order valence-electron chi connectivity index (χ1n) is 9.35. The third-order valence-electron chi connectivity index (χ3n) is 5.84. The summed E-state index contributed by atoms with van der Waals surface area (Å²) in [4.78, 5) is 16.7. The highest BCUT2D eigenvalue weighted by Crippen LogP contribution is 2.28. The van der Waals surface area contributed by atoms with E-state index in [4.69, 9.17) is 4.74 Å². The van der Waals surface area contributed by atoms with Crippen LogP contribution in [0.4, 0.5) is 0 Å². The van der Waals surface area contributed by atoms with Gasteiger partial charge in [0.05, 0.1) is 13.2 Å². The lowest BCUT2D eigenvalue weighted by atomic mass is 10.1. The lowest BCUT2D eigenvalue weighted by Gasteiger charge is -2.42. The van der Waals surface area contributed by atoms with Crippen molar-refractivity contribution < 1.29 is 14.6 Å². The molecule has 0 amide bonds. The molecule has 1 aromatic heterocycles. The fourth-order valence-corrected chi connectivity index (χ4v) is 4.50. The van der Waals surface area contributed by atoms with Gasteiger partial charge in [0.15, 0.2) is 0 Å². The third kappa shape index (κ3) is 3.24. The van der Waals surface area contributed by atoms with Crippen LogP contribution in [0.1, 0.15) is 18.9 Å². The van der Waals surface area contributed by atoms with Crippen molar-refractivity contribution in [2.24, 2.45) is 0 Å². The van der Waals surface area contributed by atoms with Crippen LogP contribution in [0.3, 0.4) is 0 Å². The molecule has 2 fully saturated rings. The van der Waals surface area contributed by atoms with Crippen LogP contribution in [0.2, 0.25) is 0 Å². The zero-order valence-electron chi connectivity index (χ0n) is 15.5. The van der Waals surface area contributed by atoms with Gasteiger partial charge in [-0.15, -0.1) is 0 Å². The minimum absolute atomic E-state index is 0.186. The first-order chi connectivity index (χ1) is 12.5. The number of fused-ring (bicyclic) bond motifs is 2. The number of aliphatic hydroxyl groups excluding tert-OH is 1. The number of hydrogen-bond donors (Lipinski definition) is 1. The van der Waals surface area contributed by atoms with E-state index in [0.717, 1.165) is 38.1 Å². The first kappa shape index (κ1) is 17.5. The van der Waals surface area contributed by atoms with E-state index in [9.17, 15) is 9.90 Å². The van der Waals surface area contributed by atoms with Crippen molar-refractivity contribution in [3.63, 3.8) is 0 Å². The lowest BCUT2D eigenvalue weighted by Crippen LogP contribution is -2.54. The number of piperazine rings is 1. The largest absolute Gasteiger partial charge is 0.468 e. The Bertz CT molecular complexity index is 803. The predicted octanol–water partition coefficient (Wildman–Crippen LogP) is 1.45. The van der Waals surface area contributed by atoms with Gasteiger partial charge in [-0.05, 0) is 25.0 Å². The molecule has 1 aromatic carbocycles. The van der Waals surface area contributed by atoms with Crippen LogP contribution >= 0.6 is 0 Å². The van der Waals surface area contributed by atoms with Crippen LogP contribution in [0.15, 0.2) is 30.5 Å². The highest BCUT2D eigenvalue weighted by molar-refractivity contribution is 5.85. The Morgan fingerprint density at radius 3 is 2.88 bits per heavy atom. The van der Waals surface area contributed by atoms with Gasteiger partial charge in [0.2, 0.25) is 0 Å². The maximum Gasteiger partial charge on any atom is 0.325 e. The van der Waals surface area contributed by atoms with Gasteiger partial charge in [-0.2, -0.15) is 0 Å². The summed E-state index contributed by atoms with van der Waals surface area (Å²) >= 11 is 0. The second-order valence-electron chi connectivity index (χ2n) is 7.65. The molecule has 3 heterocycles. The molecule has 6 heteroatoms. The van der Waals surface area contributed by atoms with Crippen molar-refractivity contribution >= 4 is 16.9 Å². The van der Waals surface area contributed by atoms with Crippen molar-refractivity contribution in [2.45, 2.75) is 44.6 Å². The molecule has 0 saturated carbocycles. The number of carbonyl (C=O) groups excluding carboxylic acids is 1. The predicted molar refractivity (Wildman–Crippen MR) is 99.8 cm³/mol. The molecule has 6 nitrogen and oxygen atoms in total. The summed E-state index contributed by atoms with van der Waals surface area (Å²) in [6.07, 6.45) is 2.77. The monoisotopic (exact) mass is 357 g/mol. The summed E-state index contributed by atoms with van der Waals surface area (Å²) in [7, 11) is 1.42. The van der Waals surface area contributed by atoms with Gasteiger partial charge >= 0.3 is 5.97 Å². The Balaban J connectivity index is 1.58. The quantitative estimate of drug-likeness (QED) is 0.840. The maximum absolute atomic E-state index is 11.7. The summed E-state index contributed by atoms with van der Waals surface area (Å²) in [6, 6.07) is 9.11. The number of ether oxygens (including phenoxy) is 1. The summed E-state index contributed by atoms with van der Waals surface area (Å²) in [5, 5.41) is 11.2. The molecular formula is C20H27N3O3. The van der Waals surface area contributed by atoms with Crippen molar-refractivity contribution in [1.29, 1.82) is 0 Å². The van der Waals surface area contributed by atoms with Gasteiger partial charge in [-0.25, -0.2) is 0 Å². The fraction of sp³-hybridized carbons (Fsp3) is 0.550. The first-order valence-corrected chi connectivity index (χ1v) is 9.35. The lowest BCUT2D eigenvalue weighted by molar-refractivity contribution is -0.141. The SMILES string of the molecule is COC(=O)Cn1cc(CN2CC3C[C@@H](O)CN3C[C@H]2C)c2ccccc21. The minimum atomic E-state index is -0.237. The Morgan fingerprint density at radius 2 is 2.08 bits per heavy atom.